The summed E-state index contributed by atoms with van der Waals surface area (Å²) in [4.78, 5) is 8.72. The van der Waals surface area contributed by atoms with Gasteiger partial charge < -0.3 is 14.8 Å². The minimum atomic E-state index is -0.0267. The summed E-state index contributed by atoms with van der Waals surface area (Å²) >= 11 is 0. The molecule has 3 rings (SSSR count). The molecular weight excluding hydrogens is 302 g/mol. The zero-order valence-corrected chi connectivity index (χ0v) is 14.6. The first-order valence-corrected chi connectivity index (χ1v) is 8.38. The summed E-state index contributed by atoms with van der Waals surface area (Å²) in [5.74, 6) is 1.76. The summed E-state index contributed by atoms with van der Waals surface area (Å²) in [6, 6.07) is 6.40. The molecule has 2 heterocycles. The summed E-state index contributed by atoms with van der Waals surface area (Å²) in [6.45, 7) is 6.38. The highest BCUT2D eigenvalue weighted by atomic mass is 16.5. The molecule has 0 radical (unpaired) electrons. The van der Waals surface area contributed by atoms with E-state index >= 15 is 0 Å². The summed E-state index contributed by atoms with van der Waals surface area (Å²) in [5, 5.41) is 3.48. The van der Waals surface area contributed by atoms with Crippen molar-refractivity contribution >= 4 is 5.82 Å². The second-order valence-corrected chi connectivity index (χ2v) is 6.50. The van der Waals surface area contributed by atoms with Crippen LogP contribution in [-0.2, 0) is 10.2 Å². The number of rotatable bonds is 5. The third-order valence-corrected chi connectivity index (χ3v) is 4.74. The molecule has 24 heavy (non-hydrogen) atoms. The van der Waals surface area contributed by atoms with E-state index in [0.717, 1.165) is 49.9 Å². The lowest BCUT2D eigenvalue weighted by atomic mass is 9.73. The molecule has 1 N–H and O–H groups in total. The highest BCUT2D eigenvalue weighted by molar-refractivity contribution is 5.45. The van der Waals surface area contributed by atoms with E-state index in [1.807, 2.05) is 6.92 Å². The van der Waals surface area contributed by atoms with Crippen LogP contribution in [0.4, 0.5) is 5.82 Å². The molecule has 1 aromatic heterocycles. The van der Waals surface area contributed by atoms with Gasteiger partial charge in [-0.3, -0.25) is 4.98 Å². The van der Waals surface area contributed by atoms with Crippen molar-refractivity contribution in [3.8, 4) is 5.75 Å². The Morgan fingerprint density at radius 1 is 1.21 bits per heavy atom. The molecule has 0 saturated carbocycles. The second-order valence-electron chi connectivity index (χ2n) is 6.50. The van der Waals surface area contributed by atoms with Gasteiger partial charge in [0.1, 0.15) is 11.6 Å². The van der Waals surface area contributed by atoms with Gasteiger partial charge in [-0.2, -0.15) is 0 Å². The Morgan fingerprint density at radius 3 is 2.71 bits per heavy atom. The van der Waals surface area contributed by atoms with Gasteiger partial charge >= 0.3 is 0 Å². The number of nitrogens with zero attached hydrogens (tertiary/aromatic N) is 2. The number of ether oxygens (including phenoxy) is 2. The van der Waals surface area contributed by atoms with Gasteiger partial charge in [-0.25, -0.2) is 4.98 Å². The summed E-state index contributed by atoms with van der Waals surface area (Å²) in [6.07, 6.45) is 5.45. The van der Waals surface area contributed by atoms with Crippen molar-refractivity contribution in [3.05, 3.63) is 47.4 Å². The van der Waals surface area contributed by atoms with Gasteiger partial charge in [0.05, 0.1) is 19.0 Å². The number of methoxy groups -OCH3 is 1. The average Bonchev–Trinajstić information content (AvgIpc) is 2.61. The molecule has 1 aliphatic rings. The number of benzene rings is 1. The Balaban J connectivity index is 1.91. The van der Waals surface area contributed by atoms with Gasteiger partial charge in [0, 0.05) is 36.9 Å². The van der Waals surface area contributed by atoms with Crippen molar-refractivity contribution in [2.24, 2.45) is 0 Å². The van der Waals surface area contributed by atoms with Crippen LogP contribution in [0.1, 0.15) is 29.7 Å². The van der Waals surface area contributed by atoms with Gasteiger partial charge in [-0.1, -0.05) is 17.7 Å². The Labute approximate surface area is 143 Å². The average molecular weight is 327 g/mol. The minimum Gasteiger partial charge on any atom is -0.496 e. The lowest BCUT2D eigenvalue weighted by Gasteiger charge is -2.39. The Hall–Kier alpha value is -2.14. The number of nitrogens with one attached hydrogen (secondary N) is 1. The summed E-state index contributed by atoms with van der Waals surface area (Å²) < 4.78 is 11.3. The van der Waals surface area contributed by atoms with Crippen LogP contribution < -0.4 is 10.1 Å². The maximum atomic E-state index is 5.65. The van der Waals surface area contributed by atoms with Crippen LogP contribution in [0.5, 0.6) is 5.75 Å². The van der Waals surface area contributed by atoms with Crippen molar-refractivity contribution < 1.29 is 9.47 Å². The molecule has 1 aliphatic heterocycles. The van der Waals surface area contributed by atoms with Crippen molar-refractivity contribution in [1.29, 1.82) is 0 Å². The van der Waals surface area contributed by atoms with Crippen molar-refractivity contribution in [3.63, 3.8) is 0 Å². The Bertz CT molecular complexity index is 697. The first-order valence-electron chi connectivity index (χ1n) is 8.38. The largest absolute Gasteiger partial charge is 0.496 e. The Morgan fingerprint density at radius 2 is 2.00 bits per heavy atom. The van der Waals surface area contributed by atoms with E-state index in [9.17, 15) is 0 Å². The summed E-state index contributed by atoms with van der Waals surface area (Å²) in [5.41, 5.74) is 3.38. The second kappa shape index (κ2) is 7.18. The molecule has 0 unspecified atom stereocenters. The number of hydrogen-bond donors (Lipinski definition) is 1. The molecule has 2 aromatic rings. The van der Waals surface area contributed by atoms with Crippen molar-refractivity contribution in [2.45, 2.75) is 32.1 Å². The van der Waals surface area contributed by atoms with Crippen LogP contribution in [-0.4, -0.2) is 36.8 Å². The zero-order valence-electron chi connectivity index (χ0n) is 14.6. The zero-order chi connectivity index (χ0) is 17.0. The summed E-state index contributed by atoms with van der Waals surface area (Å²) in [7, 11) is 1.74. The molecule has 128 valence electrons. The first kappa shape index (κ1) is 16.7. The molecule has 0 aliphatic carbocycles. The van der Waals surface area contributed by atoms with Crippen molar-refractivity contribution in [1.82, 2.24) is 9.97 Å². The molecule has 0 bridgehead atoms. The van der Waals surface area contributed by atoms with Gasteiger partial charge in [0.25, 0.3) is 0 Å². The highest BCUT2D eigenvalue weighted by Gasteiger charge is 2.37. The van der Waals surface area contributed by atoms with Crippen LogP contribution in [0.3, 0.4) is 0 Å². The normalized spacial score (nSPS) is 16.6. The predicted octanol–water partition coefficient (Wildman–Crippen LogP) is 3.26. The minimum absolute atomic E-state index is 0.0267. The molecule has 0 amide bonds. The number of aryl methyl sites for hydroxylation is 2. The maximum absolute atomic E-state index is 5.65. The van der Waals surface area contributed by atoms with E-state index in [1.165, 1.54) is 11.1 Å². The van der Waals surface area contributed by atoms with Crippen LogP contribution in [0, 0.1) is 13.8 Å². The fraction of sp³-hybridized carbons (Fsp3) is 0.474. The molecule has 0 spiro atoms. The SMILES string of the molecule is COc1ccc(C)cc1C1(CNc2cncc(C)n2)CCOCC1. The third-order valence-electron chi connectivity index (χ3n) is 4.74. The van der Waals surface area contributed by atoms with E-state index in [1.54, 1.807) is 19.5 Å². The molecule has 1 aromatic carbocycles. The van der Waals surface area contributed by atoms with Gasteiger partial charge in [0.2, 0.25) is 0 Å². The van der Waals surface area contributed by atoms with Crippen LogP contribution in [0.15, 0.2) is 30.6 Å². The van der Waals surface area contributed by atoms with E-state index in [2.05, 4.69) is 40.4 Å². The molecule has 5 heteroatoms. The fourth-order valence-corrected chi connectivity index (χ4v) is 3.35. The first-order chi connectivity index (χ1) is 11.6. The van der Waals surface area contributed by atoms with E-state index < -0.39 is 0 Å². The van der Waals surface area contributed by atoms with E-state index in [4.69, 9.17) is 9.47 Å². The fourth-order valence-electron chi connectivity index (χ4n) is 3.35. The molecule has 1 saturated heterocycles. The Kier molecular flexibility index (Phi) is 5.00. The molecule has 1 fully saturated rings. The standard InChI is InChI=1S/C19H25N3O2/c1-14-4-5-17(23-3)16(10-14)19(6-8-24-9-7-19)13-21-18-12-20-11-15(2)22-18/h4-5,10-12H,6-9,13H2,1-3H3,(H,21,22). The molecule has 0 atom stereocenters. The lowest BCUT2D eigenvalue weighted by molar-refractivity contribution is 0.0535. The van der Waals surface area contributed by atoms with Gasteiger partial charge in [-0.05, 0) is 32.8 Å². The lowest BCUT2D eigenvalue weighted by Crippen LogP contribution is -2.40. The predicted molar refractivity (Wildman–Crippen MR) is 94.7 cm³/mol. The number of anilines is 1. The van der Waals surface area contributed by atoms with Crippen LogP contribution in [0.25, 0.3) is 0 Å². The van der Waals surface area contributed by atoms with E-state index in [-0.39, 0.29) is 5.41 Å². The molecule has 5 nitrogen and oxygen atoms in total. The maximum Gasteiger partial charge on any atom is 0.144 e. The molecular formula is C19H25N3O2. The van der Waals surface area contributed by atoms with Crippen LogP contribution >= 0.6 is 0 Å². The number of hydrogen-bond acceptors (Lipinski definition) is 5. The van der Waals surface area contributed by atoms with E-state index in [0.29, 0.717) is 0 Å². The van der Waals surface area contributed by atoms with Gasteiger partial charge in [0.15, 0.2) is 0 Å². The van der Waals surface area contributed by atoms with Gasteiger partial charge in [-0.15, -0.1) is 0 Å². The smallest absolute Gasteiger partial charge is 0.144 e. The van der Waals surface area contributed by atoms with Crippen molar-refractivity contribution in [2.75, 3.05) is 32.2 Å². The van der Waals surface area contributed by atoms with Crippen LogP contribution in [0.2, 0.25) is 0 Å². The monoisotopic (exact) mass is 327 g/mol. The topological polar surface area (TPSA) is 56.3 Å². The highest BCUT2D eigenvalue weighted by Crippen LogP contribution is 2.40. The quantitative estimate of drug-likeness (QED) is 0.913. The number of aromatic nitrogens is 2. The third kappa shape index (κ3) is 3.51.